The molecule has 1 fully saturated rings. The molecule has 1 aliphatic carbocycles. The predicted octanol–water partition coefficient (Wildman–Crippen LogP) is 4.79. The monoisotopic (exact) mass is 398 g/mol. The number of benzene rings is 1. The van der Waals surface area contributed by atoms with Crippen molar-refractivity contribution in [2.75, 3.05) is 10.6 Å². The molecule has 8 heteroatoms. The maximum absolute atomic E-state index is 12.5. The SMILES string of the molecule is CCC(CC)C(=O)Nc1ccc2oc(C(=O)Nc3nnc(C4CC4)s3)cc2c1. The Bertz CT molecular complexity index is 1020. The van der Waals surface area contributed by atoms with Crippen LogP contribution in [0, 0.1) is 5.92 Å². The number of rotatable bonds is 7. The van der Waals surface area contributed by atoms with Crippen molar-refractivity contribution in [1.29, 1.82) is 0 Å². The van der Waals surface area contributed by atoms with Crippen LogP contribution in [0.25, 0.3) is 11.0 Å². The number of hydrogen-bond donors (Lipinski definition) is 2. The zero-order valence-electron chi connectivity index (χ0n) is 15.8. The van der Waals surface area contributed by atoms with E-state index < -0.39 is 0 Å². The summed E-state index contributed by atoms with van der Waals surface area (Å²) in [5, 5.41) is 16.0. The number of anilines is 2. The molecule has 0 bridgehead atoms. The Kier molecular flexibility index (Phi) is 5.13. The van der Waals surface area contributed by atoms with E-state index in [1.54, 1.807) is 18.2 Å². The van der Waals surface area contributed by atoms with E-state index in [-0.39, 0.29) is 23.5 Å². The minimum atomic E-state index is -0.364. The van der Waals surface area contributed by atoms with Crippen LogP contribution in [0.1, 0.15) is 61.0 Å². The zero-order valence-corrected chi connectivity index (χ0v) is 16.6. The lowest BCUT2D eigenvalue weighted by Crippen LogP contribution is -2.21. The van der Waals surface area contributed by atoms with E-state index in [9.17, 15) is 9.59 Å². The average molecular weight is 398 g/mol. The highest BCUT2D eigenvalue weighted by Gasteiger charge is 2.28. The Balaban J connectivity index is 1.47. The first-order valence-corrected chi connectivity index (χ1v) is 10.4. The molecule has 0 saturated heterocycles. The highest BCUT2D eigenvalue weighted by atomic mass is 32.1. The molecule has 28 heavy (non-hydrogen) atoms. The van der Waals surface area contributed by atoms with Gasteiger partial charge in [-0.05, 0) is 49.9 Å². The minimum Gasteiger partial charge on any atom is -0.451 e. The van der Waals surface area contributed by atoms with Gasteiger partial charge < -0.3 is 9.73 Å². The lowest BCUT2D eigenvalue weighted by atomic mass is 10.0. The van der Waals surface area contributed by atoms with E-state index in [1.165, 1.54) is 11.3 Å². The molecule has 146 valence electrons. The quantitative estimate of drug-likeness (QED) is 0.596. The van der Waals surface area contributed by atoms with E-state index >= 15 is 0 Å². The highest BCUT2D eigenvalue weighted by Crippen LogP contribution is 2.42. The molecule has 2 aromatic heterocycles. The number of fused-ring (bicyclic) bond motifs is 1. The third-order valence-electron chi connectivity index (χ3n) is 4.95. The Morgan fingerprint density at radius 1 is 1.18 bits per heavy atom. The lowest BCUT2D eigenvalue weighted by Gasteiger charge is -2.12. The average Bonchev–Trinajstić information content (AvgIpc) is 3.27. The van der Waals surface area contributed by atoms with Crippen molar-refractivity contribution in [3.05, 3.63) is 35.0 Å². The van der Waals surface area contributed by atoms with Crippen molar-refractivity contribution in [2.24, 2.45) is 5.92 Å². The van der Waals surface area contributed by atoms with Gasteiger partial charge in [0.2, 0.25) is 11.0 Å². The Morgan fingerprint density at radius 2 is 1.96 bits per heavy atom. The Labute approximate surface area is 166 Å². The number of amides is 2. The molecular weight excluding hydrogens is 376 g/mol. The van der Waals surface area contributed by atoms with Crippen LogP contribution in [0.3, 0.4) is 0 Å². The van der Waals surface area contributed by atoms with Crippen molar-refractivity contribution in [2.45, 2.75) is 45.4 Å². The number of aromatic nitrogens is 2. The van der Waals surface area contributed by atoms with Gasteiger partial charge >= 0.3 is 0 Å². The number of carbonyl (C=O) groups excluding carboxylic acids is 2. The largest absolute Gasteiger partial charge is 0.451 e. The van der Waals surface area contributed by atoms with Crippen molar-refractivity contribution in [1.82, 2.24) is 10.2 Å². The van der Waals surface area contributed by atoms with Gasteiger partial charge in [-0.15, -0.1) is 10.2 Å². The molecule has 0 aliphatic heterocycles. The smallest absolute Gasteiger partial charge is 0.293 e. The van der Waals surface area contributed by atoms with Crippen LogP contribution < -0.4 is 10.6 Å². The second-order valence-electron chi connectivity index (χ2n) is 7.04. The molecular formula is C20H22N4O3S. The molecule has 1 aromatic carbocycles. The zero-order chi connectivity index (χ0) is 19.7. The first-order valence-electron chi connectivity index (χ1n) is 9.56. The first-order chi connectivity index (χ1) is 13.6. The number of furan rings is 1. The van der Waals surface area contributed by atoms with Crippen LogP contribution in [-0.2, 0) is 4.79 Å². The van der Waals surface area contributed by atoms with Gasteiger partial charge in [0.1, 0.15) is 10.6 Å². The second-order valence-corrected chi connectivity index (χ2v) is 8.05. The lowest BCUT2D eigenvalue weighted by molar-refractivity contribution is -0.120. The van der Waals surface area contributed by atoms with Gasteiger partial charge in [0, 0.05) is 22.9 Å². The van der Waals surface area contributed by atoms with Gasteiger partial charge in [-0.1, -0.05) is 25.2 Å². The van der Waals surface area contributed by atoms with E-state index in [2.05, 4.69) is 20.8 Å². The van der Waals surface area contributed by atoms with E-state index in [1.807, 2.05) is 19.9 Å². The van der Waals surface area contributed by atoms with Crippen LogP contribution >= 0.6 is 11.3 Å². The van der Waals surface area contributed by atoms with E-state index in [0.29, 0.717) is 22.3 Å². The molecule has 2 heterocycles. The molecule has 7 nitrogen and oxygen atoms in total. The van der Waals surface area contributed by atoms with Crippen LogP contribution in [0.2, 0.25) is 0 Å². The van der Waals surface area contributed by atoms with Crippen LogP contribution in [0.15, 0.2) is 28.7 Å². The van der Waals surface area contributed by atoms with E-state index in [4.69, 9.17) is 4.42 Å². The van der Waals surface area contributed by atoms with Crippen molar-refractivity contribution in [3.8, 4) is 0 Å². The highest BCUT2D eigenvalue weighted by molar-refractivity contribution is 7.15. The number of nitrogens with one attached hydrogen (secondary N) is 2. The van der Waals surface area contributed by atoms with Gasteiger partial charge in [-0.2, -0.15) is 0 Å². The van der Waals surface area contributed by atoms with Gasteiger partial charge in [-0.3, -0.25) is 14.9 Å². The Hall–Kier alpha value is -2.74. The number of nitrogens with zero attached hydrogens (tertiary/aromatic N) is 2. The molecule has 1 aliphatic rings. The van der Waals surface area contributed by atoms with Crippen molar-refractivity contribution < 1.29 is 14.0 Å². The molecule has 0 spiro atoms. The van der Waals surface area contributed by atoms with Crippen LogP contribution in [0.4, 0.5) is 10.8 Å². The minimum absolute atomic E-state index is 0.00572. The molecule has 2 amide bonds. The summed E-state index contributed by atoms with van der Waals surface area (Å²) in [6.07, 6.45) is 3.88. The first kappa shape index (κ1) is 18.6. The van der Waals surface area contributed by atoms with Crippen LogP contribution in [0.5, 0.6) is 0 Å². The Morgan fingerprint density at radius 3 is 2.68 bits per heavy atom. The fourth-order valence-electron chi connectivity index (χ4n) is 3.08. The molecule has 0 atom stereocenters. The summed E-state index contributed by atoms with van der Waals surface area (Å²) >= 11 is 1.41. The molecule has 3 aromatic rings. The summed E-state index contributed by atoms with van der Waals surface area (Å²) in [6, 6.07) is 7.01. The van der Waals surface area contributed by atoms with Gasteiger partial charge in [-0.25, -0.2) is 0 Å². The summed E-state index contributed by atoms with van der Waals surface area (Å²) in [5.41, 5.74) is 1.27. The summed E-state index contributed by atoms with van der Waals surface area (Å²) in [4.78, 5) is 24.7. The standard InChI is InChI=1S/C20H22N4O3S/c1-3-11(4-2)17(25)21-14-7-8-15-13(9-14)10-16(27-15)18(26)22-20-24-23-19(28-20)12-5-6-12/h7-12H,3-6H2,1-2H3,(H,21,25)(H,22,24,26). The topological polar surface area (TPSA) is 97.1 Å². The van der Waals surface area contributed by atoms with Gasteiger partial charge in [0.05, 0.1) is 0 Å². The normalized spacial score (nSPS) is 13.8. The summed E-state index contributed by atoms with van der Waals surface area (Å²) in [7, 11) is 0. The van der Waals surface area contributed by atoms with Gasteiger partial charge in [0.15, 0.2) is 5.76 Å². The fourth-order valence-corrected chi connectivity index (χ4v) is 3.98. The molecule has 2 N–H and O–H groups in total. The summed E-state index contributed by atoms with van der Waals surface area (Å²) < 4.78 is 5.65. The van der Waals surface area contributed by atoms with Crippen molar-refractivity contribution >= 4 is 44.9 Å². The maximum Gasteiger partial charge on any atom is 0.293 e. The molecule has 1 saturated carbocycles. The molecule has 0 radical (unpaired) electrons. The maximum atomic E-state index is 12.5. The predicted molar refractivity (Wildman–Crippen MR) is 109 cm³/mol. The summed E-state index contributed by atoms with van der Waals surface area (Å²) in [6.45, 7) is 4.01. The summed E-state index contributed by atoms with van der Waals surface area (Å²) in [5.74, 6) is 0.337. The molecule has 0 unspecified atom stereocenters. The third-order valence-corrected chi connectivity index (χ3v) is 5.95. The van der Waals surface area contributed by atoms with E-state index in [0.717, 1.165) is 36.1 Å². The van der Waals surface area contributed by atoms with Gasteiger partial charge in [0.25, 0.3) is 5.91 Å². The van der Waals surface area contributed by atoms with Crippen molar-refractivity contribution in [3.63, 3.8) is 0 Å². The number of hydrogen-bond acceptors (Lipinski definition) is 6. The molecule has 4 rings (SSSR count). The number of carbonyl (C=O) groups is 2. The second kappa shape index (κ2) is 7.71. The van der Waals surface area contributed by atoms with Crippen LogP contribution in [-0.4, -0.2) is 22.0 Å². The fraction of sp³-hybridized carbons (Fsp3) is 0.400. The third kappa shape index (κ3) is 3.91.